The number of nitrogens with zero attached hydrogens (tertiary/aromatic N) is 2. The molecule has 5 heteroatoms. The number of likely N-dealkylation sites (tertiary alicyclic amines) is 1. The van der Waals surface area contributed by atoms with Gasteiger partial charge in [-0.05, 0) is 70.2 Å². The monoisotopic (exact) mass is 425 g/mol. The molecule has 3 aliphatic rings. The molecule has 4 rings (SSSR count). The van der Waals surface area contributed by atoms with Crippen LogP contribution in [0.5, 0.6) is 0 Å². The van der Waals surface area contributed by atoms with E-state index in [2.05, 4.69) is 17.3 Å². The lowest BCUT2D eigenvalue weighted by molar-refractivity contribution is -0.125. The van der Waals surface area contributed by atoms with Crippen LogP contribution in [-0.2, 0) is 4.79 Å². The molecule has 170 valence electrons. The van der Waals surface area contributed by atoms with Crippen LogP contribution in [-0.4, -0.2) is 59.9 Å². The summed E-state index contributed by atoms with van der Waals surface area (Å²) in [7, 11) is 2.22. The Morgan fingerprint density at radius 1 is 1.00 bits per heavy atom. The van der Waals surface area contributed by atoms with E-state index >= 15 is 0 Å². The fourth-order valence-electron chi connectivity index (χ4n) is 6.08. The van der Waals surface area contributed by atoms with Gasteiger partial charge in [0.15, 0.2) is 0 Å². The number of carbonyl (C=O) groups excluding carboxylic acids is 2. The molecule has 1 aliphatic heterocycles. The summed E-state index contributed by atoms with van der Waals surface area (Å²) < 4.78 is 0. The minimum atomic E-state index is -0.322. The van der Waals surface area contributed by atoms with Crippen LogP contribution in [0.2, 0.25) is 0 Å². The highest BCUT2D eigenvalue weighted by molar-refractivity contribution is 5.98. The Balaban J connectivity index is 1.33. The Labute approximate surface area is 187 Å². The second-order valence-electron chi connectivity index (χ2n) is 9.86. The van der Waals surface area contributed by atoms with Crippen molar-refractivity contribution in [1.82, 2.24) is 15.1 Å². The van der Waals surface area contributed by atoms with Crippen LogP contribution in [0.3, 0.4) is 0 Å². The molecule has 0 aromatic heterocycles. The maximum absolute atomic E-state index is 13.4. The Kier molecular flexibility index (Phi) is 7.65. The molecule has 1 saturated heterocycles. The molecule has 3 unspecified atom stereocenters. The molecule has 1 aromatic rings. The number of nitrogens with one attached hydrogen (secondary N) is 1. The van der Waals surface area contributed by atoms with Crippen LogP contribution in [0.25, 0.3) is 0 Å². The molecule has 2 amide bonds. The van der Waals surface area contributed by atoms with Gasteiger partial charge in [-0.15, -0.1) is 0 Å². The zero-order chi connectivity index (χ0) is 21.6. The van der Waals surface area contributed by atoms with E-state index in [9.17, 15) is 9.59 Å². The van der Waals surface area contributed by atoms with Crippen molar-refractivity contribution in [2.75, 3.05) is 20.1 Å². The first-order valence-corrected chi connectivity index (χ1v) is 12.5. The van der Waals surface area contributed by atoms with Gasteiger partial charge in [-0.3, -0.25) is 9.59 Å². The van der Waals surface area contributed by atoms with Crippen LogP contribution in [0.15, 0.2) is 30.3 Å². The number of carbonyl (C=O) groups is 2. The first-order valence-electron chi connectivity index (χ1n) is 12.5. The van der Waals surface area contributed by atoms with Crippen LogP contribution in [0.1, 0.15) is 81.0 Å². The topological polar surface area (TPSA) is 52.7 Å². The van der Waals surface area contributed by atoms with Gasteiger partial charge in [-0.25, -0.2) is 0 Å². The third-order valence-corrected chi connectivity index (χ3v) is 7.83. The molecule has 1 N–H and O–H groups in total. The van der Waals surface area contributed by atoms with Crippen molar-refractivity contribution in [1.29, 1.82) is 0 Å². The van der Waals surface area contributed by atoms with Gasteiger partial charge in [-0.2, -0.15) is 0 Å². The van der Waals surface area contributed by atoms with Crippen molar-refractivity contribution in [3.63, 3.8) is 0 Å². The third-order valence-electron chi connectivity index (χ3n) is 7.83. The zero-order valence-electron chi connectivity index (χ0n) is 19.1. The van der Waals surface area contributed by atoms with E-state index in [4.69, 9.17) is 0 Å². The van der Waals surface area contributed by atoms with Crippen LogP contribution < -0.4 is 5.32 Å². The average Bonchev–Trinajstić information content (AvgIpc) is 3.22. The molecule has 1 heterocycles. The van der Waals surface area contributed by atoms with Crippen molar-refractivity contribution in [2.45, 2.75) is 88.8 Å². The maximum atomic E-state index is 13.4. The van der Waals surface area contributed by atoms with Gasteiger partial charge in [0.25, 0.3) is 5.91 Å². The summed E-state index contributed by atoms with van der Waals surface area (Å²) in [6, 6.07) is 10.1. The summed E-state index contributed by atoms with van der Waals surface area (Å²) in [5.41, 5.74) is 0.695. The minimum absolute atomic E-state index is 0.0205. The number of benzene rings is 1. The van der Waals surface area contributed by atoms with Gasteiger partial charge in [0.05, 0.1) is 0 Å². The van der Waals surface area contributed by atoms with E-state index in [1.165, 1.54) is 38.5 Å². The molecular formula is C26H39N3O2. The van der Waals surface area contributed by atoms with Crippen molar-refractivity contribution in [3.05, 3.63) is 35.9 Å². The highest BCUT2D eigenvalue weighted by Crippen LogP contribution is 2.40. The van der Waals surface area contributed by atoms with Gasteiger partial charge < -0.3 is 15.1 Å². The van der Waals surface area contributed by atoms with Crippen LogP contribution in [0, 0.1) is 5.92 Å². The van der Waals surface area contributed by atoms with Crippen LogP contribution in [0.4, 0.5) is 0 Å². The average molecular weight is 426 g/mol. The minimum Gasteiger partial charge on any atom is -0.354 e. The Morgan fingerprint density at radius 2 is 1.71 bits per heavy atom. The van der Waals surface area contributed by atoms with Crippen molar-refractivity contribution < 1.29 is 9.59 Å². The molecule has 3 fully saturated rings. The lowest BCUT2D eigenvalue weighted by Gasteiger charge is -2.33. The summed E-state index contributed by atoms with van der Waals surface area (Å²) in [6.07, 6.45) is 13.0. The molecule has 0 radical (unpaired) electrons. The molecular weight excluding hydrogens is 386 g/mol. The summed E-state index contributed by atoms with van der Waals surface area (Å²) in [4.78, 5) is 30.9. The van der Waals surface area contributed by atoms with E-state index in [0.29, 0.717) is 24.1 Å². The van der Waals surface area contributed by atoms with Crippen molar-refractivity contribution in [2.24, 2.45) is 5.92 Å². The van der Waals surface area contributed by atoms with E-state index in [1.807, 2.05) is 35.2 Å². The predicted octanol–water partition coefficient (Wildman–Crippen LogP) is 4.23. The lowest BCUT2D eigenvalue weighted by atomic mass is 9.84. The summed E-state index contributed by atoms with van der Waals surface area (Å²) >= 11 is 0. The SMILES string of the molecule is CN(CCCNC(=O)C1CC2CCCCC2N1C(=O)c1ccccc1)C1CCCCC1. The number of rotatable bonds is 7. The summed E-state index contributed by atoms with van der Waals surface area (Å²) in [5.74, 6) is 0.528. The molecule has 0 spiro atoms. The van der Waals surface area contributed by atoms with E-state index in [-0.39, 0.29) is 23.9 Å². The quantitative estimate of drug-likeness (QED) is 0.665. The maximum Gasteiger partial charge on any atom is 0.254 e. The van der Waals surface area contributed by atoms with Gasteiger partial charge in [0.1, 0.15) is 6.04 Å². The number of amides is 2. The Bertz CT molecular complexity index is 731. The predicted molar refractivity (Wildman–Crippen MR) is 124 cm³/mol. The van der Waals surface area contributed by atoms with Gasteiger partial charge in [0, 0.05) is 24.2 Å². The van der Waals surface area contributed by atoms with E-state index < -0.39 is 0 Å². The van der Waals surface area contributed by atoms with Gasteiger partial charge in [-0.1, -0.05) is 50.3 Å². The smallest absolute Gasteiger partial charge is 0.254 e. The normalized spacial score (nSPS) is 26.6. The Hall–Kier alpha value is -1.88. The molecule has 2 saturated carbocycles. The highest BCUT2D eigenvalue weighted by Gasteiger charge is 2.47. The molecule has 0 bridgehead atoms. The first kappa shape index (κ1) is 22.3. The highest BCUT2D eigenvalue weighted by atomic mass is 16.2. The van der Waals surface area contributed by atoms with Crippen molar-refractivity contribution in [3.8, 4) is 0 Å². The standard InChI is InChI=1S/C26H39N3O2/c1-28(22-14-6-3-7-15-22)18-10-17-27-25(30)24-19-21-13-8-9-16-23(21)29(24)26(31)20-11-4-2-5-12-20/h2,4-5,11-12,21-24H,3,6-10,13-19H2,1H3,(H,27,30). The number of hydrogen-bond donors (Lipinski definition) is 1. The third kappa shape index (κ3) is 5.31. The molecule has 2 aliphatic carbocycles. The molecule has 3 atom stereocenters. The fraction of sp³-hybridized carbons (Fsp3) is 0.692. The van der Waals surface area contributed by atoms with Crippen molar-refractivity contribution >= 4 is 11.8 Å². The Morgan fingerprint density at radius 3 is 2.48 bits per heavy atom. The van der Waals surface area contributed by atoms with E-state index in [1.54, 1.807) is 0 Å². The number of fused-ring (bicyclic) bond motifs is 1. The first-order chi connectivity index (χ1) is 15.1. The summed E-state index contributed by atoms with van der Waals surface area (Å²) in [6.45, 7) is 1.71. The van der Waals surface area contributed by atoms with Crippen LogP contribution >= 0.6 is 0 Å². The van der Waals surface area contributed by atoms with Gasteiger partial charge >= 0.3 is 0 Å². The molecule has 5 nitrogen and oxygen atoms in total. The summed E-state index contributed by atoms with van der Waals surface area (Å²) in [5, 5.41) is 3.17. The zero-order valence-corrected chi connectivity index (χ0v) is 19.1. The molecule has 1 aromatic carbocycles. The lowest BCUT2D eigenvalue weighted by Crippen LogP contribution is -2.49. The fourth-order valence-corrected chi connectivity index (χ4v) is 6.08. The largest absolute Gasteiger partial charge is 0.354 e. The number of hydrogen-bond acceptors (Lipinski definition) is 3. The molecule has 31 heavy (non-hydrogen) atoms. The van der Waals surface area contributed by atoms with E-state index in [0.717, 1.165) is 38.6 Å². The second kappa shape index (κ2) is 10.6. The second-order valence-corrected chi connectivity index (χ2v) is 9.86. The van der Waals surface area contributed by atoms with Gasteiger partial charge in [0.2, 0.25) is 5.91 Å².